The highest BCUT2D eigenvalue weighted by atomic mass is 16.6. The van der Waals surface area contributed by atoms with Gasteiger partial charge in [0, 0.05) is 6.04 Å². The summed E-state index contributed by atoms with van der Waals surface area (Å²) < 4.78 is 4.92. The van der Waals surface area contributed by atoms with Crippen molar-refractivity contribution in [1.29, 1.82) is 0 Å². The van der Waals surface area contributed by atoms with Crippen molar-refractivity contribution in [2.24, 2.45) is 5.92 Å². The maximum atomic E-state index is 11.1. The van der Waals surface area contributed by atoms with E-state index in [-0.39, 0.29) is 23.4 Å². The molecule has 1 N–H and O–H groups in total. The molecule has 1 heterocycles. The van der Waals surface area contributed by atoms with Gasteiger partial charge in [0.2, 0.25) is 5.82 Å². The van der Waals surface area contributed by atoms with E-state index in [0.717, 1.165) is 31.6 Å². The zero-order valence-electron chi connectivity index (χ0n) is 11.1. The minimum absolute atomic E-state index is 0.00771. The Labute approximate surface area is 111 Å². The lowest BCUT2D eigenvalue weighted by Crippen LogP contribution is -2.26. The van der Waals surface area contributed by atoms with Crippen LogP contribution in [0, 0.1) is 16.0 Å². The standard InChI is InChI=1S/C12H18N4O3/c1-8-3-5-9(6-4-8)15-11-10(16(17)18)12(19-2)14-7-13-11/h7-9H,3-6H2,1-2H3,(H,13,14,15). The minimum Gasteiger partial charge on any atom is -0.476 e. The number of aromatic nitrogens is 2. The third-order valence-corrected chi connectivity index (χ3v) is 3.52. The SMILES string of the molecule is COc1ncnc(NC2CCC(C)CC2)c1[N+](=O)[O-]. The monoisotopic (exact) mass is 266 g/mol. The average molecular weight is 266 g/mol. The van der Waals surface area contributed by atoms with Crippen molar-refractivity contribution in [2.45, 2.75) is 38.6 Å². The van der Waals surface area contributed by atoms with Crippen LogP contribution in [0.2, 0.25) is 0 Å². The highest BCUT2D eigenvalue weighted by Gasteiger charge is 2.27. The van der Waals surface area contributed by atoms with Gasteiger partial charge >= 0.3 is 5.69 Å². The number of rotatable bonds is 4. The van der Waals surface area contributed by atoms with E-state index in [0.29, 0.717) is 0 Å². The number of nitrogens with zero attached hydrogens (tertiary/aromatic N) is 3. The molecule has 7 heteroatoms. The first-order valence-corrected chi connectivity index (χ1v) is 6.41. The van der Waals surface area contributed by atoms with E-state index in [9.17, 15) is 10.1 Å². The van der Waals surface area contributed by atoms with Gasteiger partial charge in [-0.1, -0.05) is 6.92 Å². The summed E-state index contributed by atoms with van der Waals surface area (Å²) >= 11 is 0. The minimum atomic E-state index is -0.507. The van der Waals surface area contributed by atoms with E-state index in [1.165, 1.54) is 13.4 Å². The second-order valence-electron chi connectivity index (χ2n) is 4.94. The lowest BCUT2D eigenvalue weighted by Gasteiger charge is -2.27. The van der Waals surface area contributed by atoms with Crippen LogP contribution in [0.4, 0.5) is 11.5 Å². The Morgan fingerprint density at radius 2 is 2.05 bits per heavy atom. The fourth-order valence-electron chi connectivity index (χ4n) is 2.38. The van der Waals surface area contributed by atoms with Gasteiger partial charge in [0.25, 0.3) is 5.88 Å². The zero-order chi connectivity index (χ0) is 13.8. The molecule has 0 bridgehead atoms. The molecule has 1 aliphatic rings. The summed E-state index contributed by atoms with van der Waals surface area (Å²) in [7, 11) is 1.36. The number of anilines is 1. The quantitative estimate of drug-likeness (QED) is 0.664. The average Bonchev–Trinajstić information content (AvgIpc) is 2.40. The fourth-order valence-corrected chi connectivity index (χ4v) is 2.38. The lowest BCUT2D eigenvalue weighted by molar-refractivity contribution is -0.385. The lowest BCUT2D eigenvalue weighted by atomic mass is 9.87. The van der Waals surface area contributed by atoms with Gasteiger partial charge in [0.1, 0.15) is 6.33 Å². The molecule has 2 rings (SSSR count). The Kier molecular flexibility index (Phi) is 4.13. The molecule has 0 aliphatic heterocycles. The molecular weight excluding hydrogens is 248 g/mol. The first-order valence-electron chi connectivity index (χ1n) is 6.41. The van der Waals surface area contributed by atoms with Crippen LogP contribution in [0.1, 0.15) is 32.6 Å². The van der Waals surface area contributed by atoms with Crippen molar-refractivity contribution in [2.75, 3.05) is 12.4 Å². The van der Waals surface area contributed by atoms with Crippen LogP contribution < -0.4 is 10.1 Å². The van der Waals surface area contributed by atoms with Gasteiger partial charge in [0.05, 0.1) is 12.0 Å². The molecule has 1 fully saturated rings. The molecule has 1 aliphatic carbocycles. The third-order valence-electron chi connectivity index (χ3n) is 3.52. The van der Waals surface area contributed by atoms with E-state index in [2.05, 4.69) is 22.2 Å². The Morgan fingerprint density at radius 3 is 2.63 bits per heavy atom. The van der Waals surface area contributed by atoms with Crippen LogP contribution in [-0.2, 0) is 0 Å². The first kappa shape index (κ1) is 13.5. The number of nitrogens with one attached hydrogen (secondary N) is 1. The second kappa shape index (κ2) is 5.81. The third kappa shape index (κ3) is 3.10. The fraction of sp³-hybridized carbons (Fsp3) is 0.667. The maximum absolute atomic E-state index is 11.1. The molecule has 0 spiro atoms. The largest absolute Gasteiger partial charge is 0.476 e. The Balaban J connectivity index is 2.17. The van der Waals surface area contributed by atoms with E-state index < -0.39 is 4.92 Å². The van der Waals surface area contributed by atoms with Crippen LogP contribution in [0.5, 0.6) is 5.88 Å². The van der Waals surface area contributed by atoms with Gasteiger partial charge < -0.3 is 10.1 Å². The van der Waals surface area contributed by atoms with Crippen LogP contribution in [-0.4, -0.2) is 28.0 Å². The van der Waals surface area contributed by atoms with E-state index in [1.54, 1.807) is 0 Å². The molecule has 1 aromatic heterocycles. The summed E-state index contributed by atoms with van der Waals surface area (Å²) in [6, 6.07) is 0.231. The summed E-state index contributed by atoms with van der Waals surface area (Å²) in [5.41, 5.74) is -0.191. The predicted molar refractivity (Wildman–Crippen MR) is 70.3 cm³/mol. The topological polar surface area (TPSA) is 90.2 Å². The van der Waals surface area contributed by atoms with Gasteiger partial charge in [0.15, 0.2) is 0 Å². The molecule has 1 saturated carbocycles. The Morgan fingerprint density at radius 1 is 1.37 bits per heavy atom. The number of ether oxygens (including phenoxy) is 1. The Bertz CT molecular complexity index is 458. The smallest absolute Gasteiger partial charge is 0.372 e. The first-order chi connectivity index (χ1) is 9.11. The molecule has 19 heavy (non-hydrogen) atoms. The second-order valence-corrected chi connectivity index (χ2v) is 4.94. The highest BCUT2D eigenvalue weighted by molar-refractivity contribution is 5.61. The highest BCUT2D eigenvalue weighted by Crippen LogP contribution is 2.33. The molecule has 0 aromatic carbocycles. The molecule has 0 atom stereocenters. The van der Waals surface area contributed by atoms with Crippen molar-refractivity contribution in [3.05, 3.63) is 16.4 Å². The Hall–Kier alpha value is -1.92. The van der Waals surface area contributed by atoms with Crippen LogP contribution in [0.25, 0.3) is 0 Å². The molecule has 0 amide bonds. The molecule has 0 unspecified atom stereocenters. The number of nitro groups is 1. The molecular formula is C12H18N4O3. The van der Waals surface area contributed by atoms with Crippen LogP contribution in [0.15, 0.2) is 6.33 Å². The van der Waals surface area contributed by atoms with Gasteiger partial charge in [-0.15, -0.1) is 0 Å². The molecule has 7 nitrogen and oxygen atoms in total. The maximum Gasteiger partial charge on any atom is 0.372 e. The molecule has 0 saturated heterocycles. The summed E-state index contributed by atoms with van der Waals surface area (Å²) in [6.07, 6.45) is 5.55. The van der Waals surface area contributed by atoms with Crippen molar-refractivity contribution in [3.8, 4) is 5.88 Å². The van der Waals surface area contributed by atoms with Crippen molar-refractivity contribution in [3.63, 3.8) is 0 Å². The summed E-state index contributed by atoms with van der Waals surface area (Å²) in [6.45, 7) is 2.23. The summed E-state index contributed by atoms with van der Waals surface area (Å²) in [4.78, 5) is 18.3. The normalized spacial score (nSPS) is 22.8. The molecule has 0 radical (unpaired) electrons. The summed E-state index contributed by atoms with van der Waals surface area (Å²) in [5, 5.41) is 14.3. The van der Waals surface area contributed by atoms with E-state index in [1.807, 2.05) is 0 Å². The summed E-state index contributed by atoms with van der Waals surface area (Å²) in [5.74, 6) is 0.969. The predicted octanol–water partition coefficient (Wildman–Crippen LogP) is 2.38. The van der Waals surface area contributed by atoms with Gasteiger partial charge in [-0.05, 0) is 31.6 Å². The van der Waals surface area contributed by atoms with Crippen molar-refractivity contribution in [1.82, 2.24) is 9.97 Å². The van der Waals surface area contributed by atoms with Crippen molar-refractivity contribution >= 4 is 11.5 Å². The molecule has 104 valence electrons. The number of hydrogen-bond acceptors (Lipinski definition) is 6. The number of methoxy groups -OCH3 is 1. The van der Waals surface area contributed by atoms with Gasteiger partial charge in [-0.3, -0.25) is 10.1 Å². The van der Waals surface area contributed by atoms with Gasteiger partial charge in [-0.25, -0.2) is 4.98 Å². The zero-order valence-corrected chi connectivity index (χ0v) is 11.1. The van der Waals surface area contributed by atoms with Gasteiger partial charge in [-0.2, -0.15) is 4.98 Å². The van der Waals surface area contributed by atoms with E-state index in [4.69, 9.17) is 4.74 Å². The van der Waals surface area contributed by atoms with Crippen molar-refractivity contribution < 1.29 is 9.66 Å². The van der Waals surface area contributed by atoms with Crippen LogP contribution >= 0.6 is 0 Å². The molecule has 1 aromatic rings. The number of hydrogen-bond donors (Lipinski definition) is 1. The van der Waals surface area contributed by atoms with Crippen LogP contribution in [0.3, 0.4) is 0 Å². The van der Waals surface area contributed by atoms with E-state index >= 15 is 0 Å².